The lowest BCUT2D eigenvalue weighted by atomic mass is 10.1. The molecule has 1 aliphatic rings. The number of nitrogens with zero attached hydrogens (tertiary/aromatic N) is 4. The molecule has 2 rings (SSSR count). The van der Waals surface area contributed by atoms with Crippen LogP contribution >= 0.6 is 0 Å². The number of aromatic nitrogens is 2. The van der Waals surface area contributed by atoms with E-state index in [0.29, 0.717) is 11.6 Å². The van der Waals surface area contributed by atoms with Gasteiger partial charge in [-0.1, -0.05) is 26.7 Å². The monoisotopic (exact) mass is 244 g/mol. The summed E-state index contributed by atoms with van der Waals surface area (Å²) >= 11 is 0. The first-order chi connectivity index (χ1) is 8.70. The molecule has 0 saturated carbocycles. The number of anilines is 1. The first kappa shape index (κ1) is 12.8. The van der Waals surface area contributed by atoms with Crippen molar-refractivity contribution in [3.8, 4) is 6.07 Å². The lowest BCUT2D eigenvalue weighted by Gasteiger charge is -2.21. The maximum absolute atomic E-state index is 9.06. The molecule has 0 aromatic carbocycles. The largest absolute Gasteiger partial charge is 0.341 e. The topological polar surface area (TPSA) is 52.8 Å². The standard InChI is InChI=1S/C14H20N4/c1-11(2)13-9-12(10-15)16-14(17-13)18-7-5-3-4-6-8-18/h9,11H,3-8H2,1-2H3. The molecule has 0 N–H and O–H groups in total. The van der Waals surface area contributed by atoms with Crippen LogP contribution in [-0.2, 0) is 0 Å². The fourth-order valence-corrected chi connectivity index (χ4v) is 2.22. The zero-order valence-electron chi connectivity index (χ0n) is 11.2. The minimum Gasteiger partial charge on any atom is -0.341 e. The number of hydrogen-bond donors (Lipinski definition) is 0. The van der Waals surface area contributed by atoms with E-state index in [1.54, 1.807) is 6.07 Å². The van der Waals surface area contributed by atoms with Gasteiger partial charge in [-0.25, -0.2) is 9.97 Å². The Bertz CT molecular complexity index is 440. The second-order valence-corrected chi connectivity index (χ2v) is 5.15. The van der Waals surface area contributed by atoms with Gasteiger partial charge in [0.15, 0.2) is 0 Å². The second kappa shape index (κ2) is 5.81. The summed E-state index contributed by atoms with van der Waals surface area (Å²) in [6, 6.07) is 3.94. The fourth-order valence-electron chi connectivity index (χ4n) is 2.22. The molecule has 2 heterocycles. The van der Waals surface area contributed by atoms with E-state index in [1.165, 1.54) is 25.7 Å². The third-order valence-corrected chi connectivity index (χ3v) is 3.33. The van der Waals surface area contributed by atoms with Gasteiger partial charge < -0.3 is 4.90 Å². The van der Waals surface area contributed by atoms with E-state index < -0.39 is 0 Å². The van der Waals surface area contributed by atoms with Crippen LogP contribution in [0.5, 0.6) is 0 Å². The summed E-state index contributed by atoms with van der Waals surface area (Å²) < 4.78 is 0. The molecule has 18 heavy (non-hydrogen) atoms. The summed E-state index contributed by atoms with van der Waals surface area (Å²) in [6.45, 7) is 6.20. The van der Waals surface area contributed by atoms with E-state index in [4.69, 9.17) is 5.26 Å². The van der Waals surface area contributed by atoms with E-state index in [-0.39, 0.29) is 0 Å². The van der Waals surface area contributed by atoms with Crippen LogP contribution in [0.3, 0.4) is 0 Å². The van der Waals surface area contributed by atoms with Crippen molar-refractivity contribution in [2.75, 3.05) is 18.0 Å². The summed E-state index contributed by atoms with van der Waals surface area (Å²) in [5.41, 5.74) is 1.44. The van der Waals surface area contributed by atoms with E-state index >= 15 is 0 Å². The van der Waals surface area contributed by atoms with Crippen molar-refractivity contribution < 1.29 is 0 Å². The molecular formula is C14H20N4. The van der Waals surface area contributed by atoms with E-state index in [0.717, 1.165) is 24.7 Å². The van der Waals surface area contributed by atoms with Crippen molar-refractivity contribution in [1.29, 1.82) is 5.26 Å². The molecule has 96 valence electrons. The maximum Gasteiger partial charge on any atom is 0.226 e. The first-order valence-corrected chi connectivity index (χ1v) is 6.74. The zero-order chi connectivity index (χ0) is 13.0. The van der Waals surface area contributed by atoms with Gasteiger partial charge in [0.05, 0.1) is 0 Å². The van der Waals surface area contributed by atoms with Crippen molar-refractivity contribution >= 4 is 5.95 Å². The van der Waals surface area contributed by atoms with Gasteiger partial charge in [-0.15, -0.1) is 0 Å². The highest BCUT2D eigenvalue weighted by molar-refractivity contribution is 5.37. The normalized spacial score (nSPS) is 16.4. The molecule has 0 bridgehead atoms. The summed E-state index contributed by atoms with van der Waals surface area (Å²) in [6.07, 6.45) is 4.95. The Kier molecular flexibility index (Phi) is 4.14. The molecule has 1 aromatic rings. The molecule has 0 spiro atoms. The summed E-state index contributed by atoms with van der Waals surface area (Å²) in [5.74, 6) is 1.06. The van der Waals surface area contributed by atoms with Gasteiger partial charge in [0.2, 0.25) is 5.95 Å². The maximum atomic E-state index is 9.06. The molecule has 1 aliphatic heterocycles. The molecule has 4 heteroatoms. The molecule has 0 unspecified atom stereocenters. The van der Waals surface area contributed by atoms with Crippen molar-refractivity contribution in [1.82, 2.24) is 9.97 Å². The number of nitriles is 1. The predicted octanol–water partition coefficient (Wildman–Crippen LogP) is 2.85. The Morgan fingerprint density at radius 1 is 1.17 bits per heavy atom. The van der Waals surface area contributed by atoms with E-state index in [2.05, 4.69) is 34.8 Å². The van der Waals surface area contributed by atoms with Gasteiger partial charge >= 0.3 is 0 Å². The van der Waals surface area contributed by atoms with Crippen molar-refractivity contribution in [2.45, 2.75) is 45.4 Å². The highest BCUT2D eigenvalue weighted by Crippen LogP contribution is 2.19. The molecule has 0 amide bonds. The van der Waals surface area contributed by atoms with Gasteiger partial charge in [0.1, 0.15) is 11.8 Å². The Morgan fingerprint density at radius 3 is 2.39 bits per heavy atom. The summed E-state index contributed by atoms with van der Waals surface area (Å²) in [5, 5.41) is 9.06. The number of hydrogen-bond acceptors (Lipinski definition) is 4. The molecule has 4 nitrogen and oxygen atoms in total. The molecule has 1 saturated heterocycles. The Balaban J connectivity index is 2.30. The quantitative estimate of drug-likeness (QED) is 0.802. The fraction of sp³-hybridized carbons (Fsp3) is 0.643. The van der Waals surface area contributed by atoms with Gasteiger partial charge in [-0.3, -0.25) is 0 Å². The average molecular weight is 244 g/mol. The van der Waals surface area contributed by atoms with Crippen LogP contribution < -0.4 is 4.90 Å². The van der Waals surface area contributed by atoms with Gasteiger partial charge in [-0.05, 0) is 24.8 Å². The van der Waals surface area contributed by atoms with Crippen LogP contribution in [0.2, 0.25) is 0 Å². The van der Waals surface area contributed by atoms with Crippen LogP contribution in [0, 0.1) is 11.3 Å². The Hall–Kier alpha value is -1.63. The zero-order valence-corrected chi connectivity index (χ0v) is 11.2. The molecule has 0 radical (unpaired) electrons. The Morgan fingerprint density at radius 2 is 1.83 bits per heavy atom. The van der Waals surface area contributed by atoms with Crippen LogP contribution in [0.1, 0.15) is 56.8 Å². The Labute approximate surface area is 109 Å². The predicted molar refractivity (Wildman–Crippen MR) is 71.5 cm³/mol. The van der Waals surface area contributed by atoms with E-state index in [9.17, 15) is 0 Å². The van der Waals surface area contributed by atoms with Crippen molar-refractivity contribution in [3.05, 3.63) is 17.5 Å². The number of rotatable bonds is 2. The van der Waals surface area contributed by atoms with Crippen LogP contribution in [0.25, 0.3) is 0 Å². The highest BCUT2D eigenvalue weighted by Gasteiger charge is 2.15. The SMILES string of the molecule is CC(C)c1cc(C#N)nc(N2CCCCCC2)n1. The summed E-state index contributed by atoms with van der Waals surface area (Å²) in [7, 11) is 0. The molecular weight excluding hydrogens is 224 g/mol. The van der Waals surface area contributed by atoms with Crippen LogP contribution in [0.4, 0.5) is 5.95 Å². The molecule has 1 fully saturated rings. The third-order valence-electron chi connectivity index (χ3n) is 3.33. The third kappa shape index (κ3) is 2.98. The second-order valence-electron chi connectivity index (χ2n) is 5.15. The first-order valence-electron chi connectivity index (χ1n) is 6.74. The van der Waals surface area contributed by atoms with Crippen molar-refractivity contribution in [2.24, 2.45) is 0 Å². The smallest absolute Gasteiger partial charge is 0.226 e. The highest BCUT2D eigenvalue weighted by atomic mass is 15.2. The van der Waals surface area contributed by atoms with Crippen molar-refractivity contribution in [3.63, 3.8) is 0 Å². The minimum atomic E-state index is 0.325. The lowest BCUT2D eigenvalue weighted by molar-refractivity contribution is 0.726. The van der Waals surface area contributed by atoms with Gasteiger partial charge in [0.25, 0.3) is 0 Å². The lowest BCUT2D eigenvalue weighted by Crippen LogP contribution is -2.26. The molecule has 0 atom stereocenters. The van der Waals surface area contributed by atoms with Crippen LogP contribution in [0.15, 0.2) is 6.07 Å². The van der Waals surface area contributed by atoms with E-state index in [1.807, 2.05) is 0 Å². The van der Waals surface area contributed by atoms with Crippen LogP contribution in [-0.4, -0.2) is 23.1 Å². The molecule has 1 aromatic heterocycles. The average Bonchev–Trinajstić information content (AvgIpc) is 2.67. The van der Waals surface area contributed by atoms with Gasteiger partial charge in [0, 0.05) is 18.8 Å². The van der Waals surface area contributed by atoms with Gasteiger partial charge in [-0.2, -0.15) is 5.26 Å². The molecule has 0 aliphatic carbocycles. The summed E-state index contributed by atoms with van der Waals surface area (Å²) in [4.78, 5) is 11.2. The minimum absolute atomic E-state index is 0.325.